The molecule has 3 heteroatoms. The molecule has 0 radical (unpaired) electrons. The topological polar surface area (TPSA) is 34.0 Å². The van der Waals surface area contributed by atoms with Crippen LogP contribution >= 0.6 is 0 Å². The smallest absolute Gasteiger partial charge is 0.225 e. The van der Waals surface area contributed by atoms with Crippen molar-refractivity contribution in [2.45, 2.75) is 83.6 Å². The Morgan fingerprint density at radius 1 is 1.04 bits per heavy atom. The first-order valence-electron chi connectivity index (χ1n) is 11.6. The van der Waals surface area contributed by atoms with Crippen LogP contribution in [0.15, 0.2) is 30.3 Å². The van der Waals surface area contributed by atoms with Crippen LogP contribution in [-0.2, 0) is 11.3 Å². The Morgan fingerprint density at radius 3 is 2.43 bits per heavy atom. The predicted octanol–water partition coefficient (Wildman–Crippen LogP) is 6.02. The minimum absolute atomic E-state index is 0.0957. The molecule has 1 aromatic heterocycles. The highest BCUT2D eigenvalue weighted by atomic mass is 16.1. The van der Waals surface area contributed by atoms with Crippen LogP contribution in [0.25, 0.3) is 10.9 Å². The summed E-state index contributed by atoms with van der Waals surface area (Å²) >= 11 is 0. The summed E-state index contributed by atoms with van der Waals surface area (Å²) in [7, 11) is 0. The molecule has 2 fully saturated rings. The van der Waals surface area contributed by atoms with Gasteiger partial charge in [0.25, 0.3) is 0 Å². The first kappa shape index (κ1) is 19.5. The van der Waals surface area contributed by atoms with Crippen molar-refractivity contribution in [3.05, 3.63) is 36.0 Å². The molecule has 2 aliphatic carbocycles. The van der Waals surface area contributed by atoms with Crippen molar-refractivity contribution in [1.82, 2.24) is 9.88 Å². The van der Waals surface area contributed by atoms with Gasteiger partial charge in [-0.05, 0) is 62.0 Å². The Balaban J connectivity index is 1.69. The van der Waals surface area contributed by atoms with Crippen molar-refractivity contribution in [3.63, 3.8) is 0 Å². The van der Waals surface area contributed by atoms with Crippen LogP contribution in [-0.4, -0.2) is 17.0 Å². The van der Waals surface area contributed by atoms with E-state index in [9.17, 15) is 4.79 Å². The van der Waals surface area contributed by atoms with Gasteiger partial charge in [-0.1, -0.05) is 56.7 Å². The number of rotatable bonds is 6. The van der Waals surface area contributed by atoms with Crippen molar-refractivity contribution in [1.29, 1.82) is 0 Å². The van der Waals surface area contributed by atoms with Gasteiger partial charge in [0, 0.05) is 24.3 Å². The summed E-state index contributed by atoms with van der Waals surface area (Å²) < 4.78 is 2.53. The number of carbonyl (C=O) groups excluding carboxylic acids is 1. The molecule has 3 nitrogen and oxygen atoms in total. The van der Waals surface area contributed by atoms with Gasteiger partial charge in [0.2, 0.25) is 5.91 Å². The van der Waals surface area contributed by atoms with Crippen molar-refractivity contribution < 1.29 is 4.79 Å². The van der Waals surface area contributed by atoms with Crippen molar-refractivity contribution in [3.8, 4) is 0 Å². The lowest BCUT2D eigenvalue weighted by molar-refractivity contribution is -0.127. The second-order valence-corrected chi connectivity index (χ2v) is 8.97. The first-order valence-corrected chi connectivity index (χ1v) is 11.6. The summed E-state index contributed by atoms with van der Waals surface area (Å²) in [5, 5.41) is 4.48. The van der Waals surface area contributed by atoms with Gasteiger partial charge in [-0.3, -0.25) is 4.79 Å². The highest BCUT2D eigenvalue weighted by Crippen LogP contribution is 2.38. The second-order valence-electron chi connectivity index (χ2n) is 8.97. The molecular weight excluding hydrogens is 344 g/mol. The molecule has 0 spiro atoms. The minimum atomic E-state index is 0.0957. The number of hydrogen-bond acceptors (Lipinski definition) is 1. The molecule has 0 bridgehead atoms. The zero-order valence-corrected chi connectivity index (χ0v) is 17.5. The van der Waals surface area contributed by atoms with Gasteiger partial charge in [-0.25, -0.2) is 0 Å². The van der Waals surface area contributed by atoms with Crippen molar-refractivity contribution in [2.75, 3.05) is 6.54 Å². The van der Waals surface area contributed by atoms with E-state index in [1.165, 1.54) is 80.8 Å². The second kappa shape index (κ2) is 9.15. The molecule has 1 N–H and O–H groups in total. The average Bonchev–Trinajstić information content (AvgIpc) is 3.12. The summed E-state index contributed by atoms with van der Waals surface area (Å²) in [5.74, 6) is 1.54. The Hall–Kier alpha value is -1.77. The number of nitrogens with zero attached hydrogens (tertiary/aromatic N) is 1. The zero-order valence-electron chi connectivity index (χ0n) is 17.5. The van der Waals surface area contributed by atoms with Crippen LogP contribution in [0.5, 0.6) is 0 Å². The van der Waals surface area contributed by atoms with E-state index in [1.807, 2.05) is 6.92 Å². The average molecular weight is 381 g/mol. The van der Waals surface area contributed by atoms with E-state index in [-0.39, 0.29) is 11.8 Å². The van der Waals surface area contributed by atoms with Crippen LogP contribution in [0.2, 0.25) is 0 Å². The molecule has 1 atom stereocenters. The fourth-order valence-electron chi connectivity index (χ4n) is 5.66. The molecule has 4 rings (SSSR count). The lowest BCUT2D eigenvalue weighted by Gasteiger charge is -2.31. The van der Waals surface area contributed by atoms with Gasteiger partial charge in [0.1, 0.15) is 0 Å². The molecular formula is C25H36N2O. The number of para-hydroxylation sites is 1. The van der Waals surface area contributed by atoms with Crippen LogP contribution in [0.1, 0.15) is 82.7 Å². The molecule has 1 aromatic carbocycles. The number of amides is 1. The summed E-state index contributed by atoms with van der Waals surface area (Å²) in [5.41, 5.74) is 2.79. The van der Waals surface area contributed by atoms with Crippen LogP contribution in [0, 0.1) is 11.8 Å². The number of nitrogens with one attached hydrogen (secondary N) is 1. The van der Waals surface area contributed by atoms with Gasteiger partial charge >= 0.3 is 0 Å². The van der Waals surface area contributed by atoms with E-state index in [0.29, 0.717) is 11.8 Å². The molecule has 1 unspecified atom stereocenters. The van der Waals surface area contributed by atoms with Gasteiger partial charge < -0.3 is 9.88 Å². The van der Waals surface area contributed by atoms with E-state index < -0.39 is 0 Å². The predicted molar refractivity (Wildman–Crippen MR) is 117 cm³/mol. The standard InChI is InChI=1S/C25H36N2O/c1-2-26-25(28)22(19-11-5-3-6-12-19)18-27-23-16-10-9-15-21(23)17-24(27)20-13-7-4-8-14-20/h9-10,15-17,19-20,22H,2-8,11-14,18H2,1H3,(H,26,28). The van der Waals surface area contributed by atoms with Crippen molar-refractivity contribution >= 4 is 16.8 Å². The summed E-state index contributed by atoms with van der Waals surface area (Å²) in [6, 6.07) is 11.2. The first-order chi connectivity index (χ1) is 13.8. The Labute approximate surface area is 169 Å². The Morgan fingerprint density at radius 2 is 1.71 bits per heavy atom. The quantitative estimate of drug-likeness (QED) is 0.653. The fraction of sp³-hybridized carbons (Fsp3) is 0.640. The van der Waals surface area contributed by atoms with Crippen molar-refractivity contribution in [2.24, 2.45) is 11.8 Å². The number of carbonyl (C=O) groups is 1. The van der Waals surface area contributed by atoms with Crippen LogP contribution < -0.4 is 5.32 Å². The van der Waals surface area contributed by atoms with E-state index in [0.717, 1.165) is 13.1 Å². The third kappa shape index (κ3) is 4.14. The molecule has 2 saturated carbocycles. The molecule has 152 valence electrons. The highest BCUT2D eigenvalue weighted by molar-refractivity contribution is 5.82. The molecule has 0 saturated heterocycles. The van der Waals surface area contributed by atoms with E-state index in [1.54, 1.807) is 0 Å². The van der Waals surface area contributed by atoms with Gasteiger partial charge in [-0.2, -0.15) is 0 Å². The van der Waals surface area contributed by atoms with Gasteiger partial charge in [-0.15, -0.1) is 0 Å². The maximum Gasteiger partial charge on any atom is 0.225 e. The number of benzene rings is 1. The summed E-state index contributed by atoms with van der Waals surface area (Å²) in [6.45, 7) is 3.61. The minimum Gasteiger partial charge on any atom is -0.356 e. The zero-order chi connectivity index (χ0) is 19.3. The highest BCUT2D eigenvalue weighted by Gasteiger charge is 2.31. The van der Waals surface area contributed by atoms with Crippen LogP contribution in [0.4, 0.5) is 0 Å². The molecule has 2 aliphatic rings. The third-order valence-electron chi connectivity index (χ3n) is 7.15. The summed E-state index contributed by atoms with van der Waals surface area (Å²) in [6.07, 6.45) is 13.0. The molecule has 0 aliphatic heterocycles. The maximum absolute atomic E-state index is 13.1. The number of fused-ring (bicyclic) bond motifs is 1. The SMILES string of the molecule is CCNC(=O)C(Cn1c(C2CCCCC2)cc2ccccc21)C1CCCCC1. The maximum atomic E-state index is 13.1. The van der Waals surface area contributed by atoms with E-state index >= 15 is 0 Å². The van der Waals surface area contributed by atoms with E-state index in [2.05, 4.69) is 40.2 Å². The third-order valence-corrected chi connectivity index (χ3v) is 7.15. The van der Waals surface area contributed by atoms with E-state index in [4.69, 9.17) is 0 Å². The normalized spacial score (nSPS) is 20.3. The fourth-order valence-corrected chi connectivity index (χ4v) is 5.66. The number of aromatic nitrogens is 1. The molecule has 1 amide bonds. The monoisotopic (exact) mass is 380 g/mol. The molecule has 2 aromatic rings. The molecule has 28 heavy (non-hydrogen) atoms. The molecule has 1 heterocycles. The Kier molecular flexibility index (Phi) is 6.39. The summed E-state index contributed by atoms with van der Waals surface area (Å²) in [4.78, 5) is 13.1. The van der Waals surface area contributed by atoms with Gasteiger partial charge in [0.05, 0.1) is 5.92 Å². The lowest BCUT2D eigenvalue weighted by atomic mass is 9.79. The number of hydrogen-bond donors (Lipinski definition) is 1. The van der Waals surface area contributed by atoms with Crippen LogP contribution in [0.3, 0.4) is 0 Å². The van der Waals surface area contributed by atoms with Gasteiger partial charge in [0.15, 0.2) is 0 Å². The Bertz CT molecular complexity index is 781. The lowest BCUT2D eigenvalue weighted by Crippen LogP contribution is -2.38. The largest absolute Gasteiger partial charge is 0.356 e.